The Kier molecular flexibility index (Phi) is 3.62. The van der Waals surface area contributed by atoms with Crippen molar-refractivity contribution in [2.45, 2.75) is 38.1 Å². The standard InChI is InChI=1S/C15H19N3O2S/c1-18(13-6-7-21(19,20)10-13)15-12(9-16)8-11-4-2-3-5-14(11)17-15/h8,13H,2-7,10H2,1H3. The van der Waals surface area contributed by atoms with Gasteiger partial charge in [0.15, 0.2) is 9.84 Å². The van der Waals surface area contributed by atoms with Crippen molar-refractivity contribution >= 4 is 15.7 Å². The number of nitriles is 1. The van der Waals surface area contributed by atoms with Crippen LogP contribution in [0.3, 0.4) is 0 Å². The van der Waals surface area contributed by atoms with Gasteiger partial charge in [-0.1, -0.05) is 0 Å². The summed E-state index contributed by atoms with van der Waals surface area (Å²) < 4.78 is 23.3. The van der Waals surface area contributed by atoms with E-state index in [1.165, 1.54) is 5.56 Å². The molecule has 1 aromatic rings. The molecule has 112 valence electrons. The van der Waals surface area contributed by atoms with Crippen molar-refractivity contribution in [1.82, 2.24) is 4.98 Å². The van der Waals surface area contributed by atoms with Gasteiger partial charge in [0.05, 0.1) is 17.1 Å². The number of hydrogen-bond donors (Lipinski definition) is 0. The van der Waals surface area contributed by atoms with Crippen LogP contribution in [0.4, 0.5) is 5.82 Å². The van der Waals surface area contributed by atoms with Gasteiger partial charge in [-0.3, -0.25) is 0 Å². The van der Waals surface area contributed by atoms with Crippen LogP contribution in [0.25, 0.3) is 0 Å². The lowest BCUT2D eigenvalue weighted by Crippen LogP contribution is -2.34. The van der Waals surface area contributed by atoms with E-state index in [2.05, 4.69) is 11.1 Å². The summed E-state index contributed by atoms with van der Waals surface area (Å²) in [4.78, 5) is 6.57. The van der Waals surface area contributed by atoms with Gasteiger partial charge in [-0.05, 0) is 43.7 Å². The Balaban J connectivity index is 1.96. The van der Waals surface area contributed by atoms with Crippen LogP contribution in [0.15, 0.2) is 6.07 Å². The van der Waals surface area contributed by atoms with E-state index in [-0.39, 0.29) is 17.5 Å². The molecular weight excluding hydrogens is 286 g/mol. The number of nitrogens with zero attached hydrogens (tertiary/aromatic N) is 3. The van der Waals surface area contributed by atoms with Gasteiger partial charge in [-0.25, -0.2) is 13.4 Å². The first kappa shape index (κ1) is 14.3. The molecule has 1 atom stereocenters. The molecule has 1 unspecified atom stereocenters. The Bertz CT molecular complexity index is 706. The second-order valence-electron chi connectivity index (χ2n) is 5.95. The zero-order chi connectivity index (χ0) is 15.0. The topological polar surface area (TPSA) is 74.1 Å². The Morgan fingerprint density at radius 3 is 2.81 bits per heavy atom. The monoisotopic (exact) mass is 305 g/mol. The highest BCUT2D eigenvalue weighted by molar-refractivity contribution is 7.91. The maximum atomic E-state index is 11.7. The molecule has 1 aromatic heterocycles. The van der Waals surface area contributed by atoms with Crippen molar-refractivity contribution in [2.75, 3.05) is 23.5 Å². The third kappa shape index (κ3) is 2.75. The van der Waals surface area contributed by atoms with E-state index < -0.39 is 9.84 Å². The molecule has 6 heteroatoms. The van der Waals surface area contributed by atoms with Gasteiger partial charge in [-0.15, -0.1) is 0 Å². The molecule has 1 fully saturated rings. The molecule has 1 saturated heterocycles. The number of aryl methyl sites for hydroxylation is 2. The molecule has 0 spiro atoms. The van der Waals surface area contributed by atoms with E-state index in [1.54, 1.807) is 0 Å². The normalized spacial score (nSPS) is 23.3. The zero-order valence-electron chi connectivity index (χ0n) is 12.2. The number of sulfone groups is 1. The molecule has 0 N–H and O–H groups in total. The first-order valence-corrected chi connectivity index (χ1v) is 9.18. The largest absolute Gasteiger partial charge is 0.355 e. The molecule has 0 bridgehead atoms. The summed E-state index contributed by atoms with van der Waals surface area (Å²) in [5, 5.41) is 9.38. The molecule has 1 aliphatic carbocycles. The van der Waals surface area contributed by atoms with Crippen molar-refractivity contribution in [3.63, 3.8) is 0 Å². The summed E-state index contributed by atoms with van der Waals surface area (Å²) >= 11 is 0. The Hall–Kier alpha value is -1.61. The van der Waals surface area contributed by atoms with Gasteiger partial charge in [0.25, 0.3) is 0 Å². The van der Waals surface area contributed by atoms with Crippen molar-refractivity contribution in [3.05, 3.63) is 22.9 Å². The zero-order valence-corrected chi connectivity index (χ0v) is 13.0. The van der Waals surface area contributed by atoms with E-state index in [4.69, 9.17) is 0 Å². The lowest BCUT2D eigenvalue weighted by molar-refractivity contribution is 0.600. The Morgan fingerprint density at radius 1 is 1.38 bits per heavy atom. The predicted molar refractivity (Wildman–Crippen MR) is 81.1 cm³/mol. The van der Waals surface area contributed by atoms with Crippen LogP contribution in [0.5, 0.6) is 0 Å². The molecule has 0 aromatic carbocycles. The first-order valence-electron chi connectivity index (χ1n) is 7.36. The minimum atomic E-state index is -2.94. The van der Waals surface area contributed by atoms with Crippen LogP contribution < -0.4 is 4.90 Å². The van der Waals surface area contributed by atoms with Gasteiger partial charge >= 0.3 is 0 Å². The van der Waals surface area contributed by atoms with Crippen molar-refractivity contribution < 1.29 is 8.42 Å². The summed E-state index contributed by atoms with van der Waals surface area (Å²) in [6, 6.07) is 4.09. The quantitative estimate of drug-likeness (QED) is 0.827. The summed E-state index contributed by atoms with van der Waals surface area (Å²) in [6.07, 6.45) is 4.83. The van der Waals surface area contributed by atoms with Gasteiger partial charge in [0.2, 0.25) is 0 Å². The average molecular weight is 305 g/mol. The molecule has 0 radical (unpaired) electrons. The van der Waals surface area contributed by atoms with E-state index in [1.807, 2.05) is 18.0 Å². The maximum absolute atomic E-state index is 11.7. The van der Waals surface area contributed by atoms with E-state index >= 15 is 0 Å². The van der Waals surface area contributed by atoms with Crippen LogP contribution in [0.1, 0.15) is 36.1 Å². The van der Waals surface area contributed by atoms with E-state index in [9.17, 15) is 13.7 Å². The van der Waals surface area contributed by atoms with Crippen LogP contribution in [0.2, 0.25) is 0 Å². The van der Waals surface area contributed by atoms with Crippen LogP contribution in [-0.2, 0) is 22.7 Å². The van der Waals surface area contributed by atoms with E-state index in [0.29, 0.717) is 17.8 Å². The Labute approximate surface area is 125 Å². The summed E-state index contributed by atoms with van der Waals surface area (Å²) in [5.41, 5.74) is 2.80. The summed E-state index contributed by atoms with van der Waals surface area (Å²) in [6.45, 7) is 0. The van der Waals surface area contributed by atoms with Crippen molar-refractivity contribution in [1.29, 1.82) is 5.26 Å². The fourth-order valence-corrected chi connectivity index (χ4v) is 5.00. The minimum absolute atomic E-state index is 0.0729. The van der Waals surface area contributed by atoms with Crippen molar-refractivity contribution in [2.24, 2.45) is 0 Å². The number of rotatable bonds is 2. The number of pyridine rings is 1. The van der Waals surface area contributed by atoms with Crippen molar-refractivity contribution in [3.8, 4) is 6.07 Å². The number of fused-ring (bicyclic) bond motifs is 1. The summed E-state index contributed by atoms with van der Waals surface area (Å²) in [7, 11) is -1.09. The molecule has 21 heavy (non-hydrogen) atoms. The van der Waals surface area contributed by atoms with Gasteiger partial charge in [0, 0.05) is 18.8 Å². The van der Waals surface area contributed by atoms with Gasteiger partial charge in [0.1, 0.15) is 11.9 Å². The number of aromatic nitrogens is 1. The first-order chi connectivity index (χ1) is 10.00. The fraction of sp³-hybridized carbons (Fsp3) is 0.600. The highest BCUT2D eigenvalue weighted by atomic mass is 32.2. The molecule has 5 nitrogen and oxygen atoms in total. The lowest BCUT2D eigenvalue weighted by Gasteiger charge is -2.27. The highest BCUT2D eigenvalue weighted by Gasteiger charge is 2.32. The highest BCUT2D eigenvalue weighted by Crippen LogP contribution is 2.29. The fourth-order valence-electron chi connectivity index (χ4n) is 3.23. The third-order valence-electron chi connectivity index (χ3n) is 4.49. The molecule has 0 amide bonds. The number of hydrogen-bond acceptors (Lipinski definition) is 5. The smallest absolute Gasteiger partial charge is 0.152 e. The van der Waals surface area contributed by atoms with Crippen LogP contribution >= 0.6 is 0 Å². The molecular formula is C15H19N3O2S. The molecule has 1 aliphatic heterocycles. The molecule has 2 aliphatic rings. The lowest BCUT2D eigenvalue weighted by atomic mass is 9.94. The number of anilines is 1. The second kappa shape index (κ2) is 5.30. The average Bonchev–Trinajstić information content (AvgIpc) is 2.85. The Morgan fingerprint density at radius 2 is 2.14 bits per heavy atom. The predicted octanol–water partition coefficient (Wildman–Crippen LogP) is 1.46. The molecule has 0 saturated carbocycles. The maximum Gasteiger partial charge on any atom is 0.152 e. The van der Waals surface area contributed by atoms with Crippen LogP contribution in [-0.4, -0.2) is 38.0 Å². The SMILES string of the molecule is CN(c1nc2c(cc1C#N)CCCC2)C1CCS(=O)(=O)C1. The minimum Gasteiger partial charge on any atom is -0.355 e. The molecule has 2 heterocycles. The third-order valence-corrected chi connectivity index (χ3v) is 6.24. The second-order valence-corrected chi connectivity index (χ2v) is 8.18. The molecule has 3 rings (SSSR count). The van der Waals surface area contributed by atoms with E-state index in [0.717, 1.165) is 31.4 Å². The summed E-state index contributed by atoms with van der Waals surface area (Å²) in [5.74, 6) is 1.03. The van der Waals surface area contributed by atoms with Gasteiger partial charge < -0.3 is 4.90 Å². The van der Waals surface area contributed by atoms with Crippen LogP contribution in [0, 0.1) is 11.3 Å². The van der Waals surface area contributed by atoms with Gasteiger partial charge in [-0.2, -0.15) is 5.26 Å².